The van der Waals surface area contributed by atoms with Crippen molar-refractivity contribution < 1.29 is 4.90 Å². The fourth-order valence-corrected chi connectivity index (χ4v) is 5.30. The van der Waals surface area contributed by atoms with Crippen LogP contribution in [0.25, 0.3) is 0 Å². The number of rotatable bonds is 4. The second-order valence-electron chi connectivity index (χ2n) is 5.81. The van der Waals surface area contributed by atoms with E-state index in [4.69, 9.17) is 0 Å². The van der Waals surface area contributed by atoms with E-state index in [1.54, 1.807) is 12.8 Å². The second kappa shape index (κ2) is 2.75. The third-order valence-electron chi connectivity index (χ3n) is 5.86. The molecule has 0 amide bonds. The summed E-state index contributed by atoms with van der Waals surface area (Å²) in [6.07, 6.45) is 4.65. The van der Waals surface area contributed by atoms with Gasteiger partial charge >= 0.3 is 0 Å². The first kappa shape index (κ1) is 9.21. The van der Waals surface area contributed by atoms with Crippen LogP contribution < -0.4 is 4.90 Å². The van der Waals surface area contributed by atoms with Gasteiger partial charge in [0.2, 0.25) is 0 Å². The third-order valence-corrected chi connectivity index (χ3v) is 5.86. The molecule has 4 saturated carbocycles. The molecule has 1 heteroatoms. The van der Waals surface area contributed by atoms with Gasteiger partial charge in [-0.3, -0.25) is 0 Å². The highest BCUT2D eigenvalue weighted by atomic mass is 15.2. The minimum Gasteiger partial charge on any atom is -0.332 e. The van der Waals surface area contributed by atoms with Crippen molar-refractivity contribution in [3.63, 3.8) is 0 Å². The molecule has 0 aliphatic heterocycles. The van der Waals surface area contributed by atoms with Crippen molar-refractivity contribution in [1.29, 1.82) is 0 Å². The summed E-state index contributed by atoms with van der Waals surface area (Å²) in [5.74, 6) is 3.42. The van der Waals surface area contributed by atoms with Crippen LogP contribution in [0.1, 0.15) is 40.0 Å². The molecule has 0 aromatic rings. The summed E-state index contributed by atoms with van der Waals surface area (Å²) in [5, 5.41) is 0. The molecule has 0 radical (unpaired) electrons. The van der Waals surface area contributed by atoms with Crippen LogP contribution in [0, 0.1) is 23.2 Å². The molecule has 0 unspecified atom stereocenters. The summed E-state index contributed by atoms with van der Waals surface area (Å²) < 4.78 is 0. The number of nitrogens with one attached hydrogen (secondary N) is 1. The molecule has 0 saturated heterocycles. The number of hydrogen-bond donors (Lipinski definition) is 1. The SMILES string of the molecule is CC[NH+](CC)[C@@H]1[C@@H]2C[C@@H]3[C@H]1[C@]3(CC)C2. The molecule has 4 bridgehead atoms. The van der Waals surface area contributed by atoms with Crippen molar-refractivity contribution in [2.45, 2.75) is 46.1 Å². The maximum absolute atomic E-state index is 2.43. The van der Waals surface area contributed by atoms with Crippen LogP contribution in [0.2, 0.25) is 0 Å². The lowest BCUT2D eigenvalue weighted by Gasteiger charge is -2.26. The maximum atomic E-state index is 2.43. The standard InChI is InChI=1S/C13H23N/c1-4-13-8-9-7-10(13)11(13)12(9)14(5-2)6-3/h9-12H,4-8H2,1-3H3/p+1/t9-,10-,11-,12-,13-/m1/s1. The van der Waals surface area contributed by atoms with Crippen molar-refractivity contribution in [2.24, 2.45) is 23.2 Å². The summed E-state index contributed by atoms with van der Waals surface area (Å²) in [5.41, 5.74) is 0.866. The van der Waals surface area contributed by atoms with E-state index in [9.17, 15) is 0 Å². The molecule has 5 atom stereocenters. The lowest BCUT2D eigenvalue weighted by molar-refractivity contribution is -0.926. The quantitative estimate of drug-likeness (QED) is 0.689. The molecular weight excluding hydrogens is 170 g/mol. The monoisotopic (exact) mass is 194 g/mol. The van der Waals surface area contributed by atoms with Gasteiger partial charge < -0.3 is 4.90 Å². The van der Waals surface area contributed by atoms with Crippen molar-refractivity contribution in [2.75, 3.05) is 13.1 Å². The Morgan fingerprint density at radius 2 is 1.93 bits per heavy atom. The summed E-state index contributed by atoms with van der Waals surface area (Å²) in [6, 6.07) is 1.06. The molecule has 1 nitrogen and oxygen atoms in total. The Morgan fingerprint density at radius 3 is 2.36 bits per heavy atom. The van der Waals surface area contributed by atoms with Crippen LogP contribution in [0.15, 0.2) is 0 Å². The third kappa shape index (κ3) is 0.816. The molecule has 0 heterocycles. The summed E-state index contributed by atoms with van der Waals surface area (Å²) in [6.45, 7) is 9.85. The van der Waals surface area contributed by atoms with Crippen molar-refractivity contribution in [3.8, 4) is 0 Å². The topological polar surface area (TPSA) is 4.44 Å². The average molecular weight is 194 g/mol. The Kier molecular flexibility index (Phi) is 1.81. The molecule has 80 valence electrons. The lowest BCUT2D eigenvalue weighted by Crippen LogP contribution is -3.16. The zero-order valence-electron chi connectivity index (χ0n) is 9.84. The Bertz CT molecular complexity index is 246. The summed E-state index contributed by atoms with van der Waals surface area (Å²) in [7, 11) is 0. The van der Waals surface area contributed by atoms with Crippen LogP contribution in [0.3, 0.4) is 0 Å². The van der Waals surface area contributed by atoms with Gasteiger partial charge in [-0.2, -0.15) is 0 Å². The van der Waals surface area contributed by atoms with Gasteiger partial charge in [-0.15, -0.1) is 0 Å². The van der Waals surface area contributed by atoms with Gasteiger partial charge in [0.25, 0.3) is 0 Å². The molecule has 0 aromatic heterocycles. The van der Waals surface area contributed by atoms with Gasteiger partial charge in [0.15, 0.2) is 0 Å². The first-order valence-electron chi connectivity index (χ1n) is 6.63. The van der Waals surface area contributed by atoms with Crippen LogP contribution in [0.4, 0.5) is 0 Å². The fourth-order valence-electron chi connectivity index (χ4n) is 5.30. The van der Waals surface area contributed by atoms with Gasteiger partial charge in [-0.05, 0) is 44.4 Å². The Balaban J connectivity index is 1.81. The zero-order chi connectivity index (χ0) is 9.92. The van der Waals surface area contributed by atoms with Gasteiger partial charge in [0.05, 0.1) is 19.1 Å². The van der Waals surface area contributed by atoms with E-state index in [2.05, 4.69) is 20.8 Å². The molecule has 4 rings (SSSR count). The Labute approximate surface area is 87.9 Å². The van der Waals surface area contributed by atoms with Crippen LogP contribution in [-0.2, 0) is 0 Å². The minimum absolute atomic E-state index is 0.866. The maximum Gasteiger partial charge on any atom is 0.0940 e. The lowest BCUT2D eigenvalue weighted by atomic mass is 10.0. The van der Waals surface area contributed by atoms with E-state index in [0.717, 1.165) is 29.2 Å². The predicted molar refractivity (Wildman–Crippen MR) is 58.3 cm³/mol. The van der Waals surface area contributed by atoms with E-state index in [1.807, 2.05) is 4.90 Å². The molecule has 14 heavy (non-hydrogen) atoms. The van der Waals surface area contributed by atoms with E-state index in [-0.39, 0.29) is 0 Å². The van der Waals surface area contributed by atoms with E-state index < -0.39 is 0 Å². The van der Waals surface area contributed by atoms with E-state index in [0.29, 0.717) is 0 Å². The molecule has 4 aliphatic rings. The number of hydrogen-bond acceptors (Lipinski definition) is 0. The van der Waals surface area contributed by atoms with Crippen LogP contribution >= 0.6 is 0 Å². The fraction of sp³-hybridized carbons (Fsp3) is 1.00. The molecule has 4 fully saturated rings. The Hall–Kier alpha value is -0.0400. The highest BCUT2D eigenvalue weighted by Crippen LogP contribution is 2.79. The summed E-state index contributed by atoms with van der Waals surface area (Å²) in [4.78, 5) is 1.90. The van der Waals surface area contributed by atoms with Gasteiger partial charge in [0, 0.05) is 11.8 Å². The number of quaternary nitrogens is 1. The molecule has 0 aromatic carbocycles. The highest BCUT2D eigenvalue weighted by Gasteiger charge is 2.80. The zero-order valence-corrected chi connectivity index (χ0v) is 9.84. The molecule has 0 spiro atoms. The van der Waals surface area contributed by atoms with Gasteiger partial charge in [-0.1, -0.05) is 6.92 Å². The largest absolute Gasteiger partial charge is 0.332 e. The molecule has 1 N–H and O–H groups in total. The van der Waals surface area contributed by atoms with Crippen molar-refractivity contribution in [3.05, 3.63) is 0 Å². The smallest absolute Gasteiger partial charge is 0.0940 e. The Morgan fingerprint density at radius 1 is 1.21 bits per heavy atom. The van der Waals surface area contributed by atoms with Crippen LogP contribution in [-0.4, -0.2) is 19.1 Å². The van der Waals surface area contributed by atoms with Crippen molar-refractivity contribution >= 4 is 0 Å². The van der Waals surface area contributed by atoms with Gasteiger partial charge in [0.1, 0.15) is 0 Å². The average Bonchev–Trinajstić information content (AvgIpc) is 2.65. The summed E-state index contributed by atoms with van der Waals surface area (Å²) >= 11 is 0. The van der Waals surface area contributed by atoms with Gasteiger partial charge in [-0.25, -0.2) is 0 Å². The van der Waals surface area contributed by atoms with E-state index >= 15 is 0 Å². The second-order valence-corrected chi connectivity index (χ2v) is 5.81. The minimum atomic E-state index is 0.866. The normalized spacial score (nSPS) is 53.1. The molecular formula is C13H24N+. The first-order valence-corrected chi connectivity index (χ1v) is 6.63. The molecule has 4 aliphatic carbocycles. The highest BCUT2D eigenvalue weighted by molar-refractivity contribution is 5.25. The van der Waals surface area contributed by atoms with E-state index in [1.165, 1.54) is 19.5 Å². The first-order chi connectivity index (χ1) is 6.78. The van der Waals surface area contributed by atoms with Crippen LogP contribution in [0.5, 0.6) is 0 Å². The predicted octanol–water partition coefficient (Wildman–Crippen LogP) is 1.35. The van der Waals surface area contributed by atoms with Crippen molar-refractivity contribution in [1.82, 2.24) is 0 Å².